The Morgan fingerprint density at radius 1 is 1.35 bits per heavy atom. The number of halogens is 3. The summed E-state index contributed by atoms with van der Waals surface area (Å²) in [5.41, 5.74) is -0.879. The van der Waals surface area contributed by atoms with E-state index in [9.17, 15) is 18.3 Å². The van der Waals surface area contributed by atoms with Gasteiger partial charge in [-0.25, -0.2) is 4.98 Å². The molecule has 1 aliphatic carbocycles. The van der Waals surface area contributed by atoms with E-state index in [0.717, 1.165) is 36.0 Å². The lowest BCUT2D eigenvalue weighted by atomic mass is 9.93. The number of anilines is 1. The third kappa shape index (κ3) is 3.10. The number of hydrogen-bond donors (Lipinski definition) is 2. The van der Waals surface area contributed by atoms with E-state index >= 15 is 0 Å². The first-order chi connectivity index (χ1) is 7.97. The number of thiazole rings is 1. The van der Waals surface area contributed by atoms with Gasteiger partial charge in [0, 0.05) is 5.38 Å². The molecule has 0 saturated heterocycles. The number of aromatic nitrogens is 1. The monoisotopic (exact) mass is 266 g/mol. The van der Waals surface area contributed by atoms with Gasteiger partial charge in [-0.2, -0.15) is 13.2 Å². The van der Waals surface area contributed by atoms with Crippen LogP contribution < -0.4 is 5.32 Å². The molecule has 0 unspecified atom stereocenters. The number of nitrogens with one attached hydrogen (secondary N) is 1. The minimum Gasteiger partial charge on any atom is -0.391 e. The Balaban J connectivity index is 2.01. The second-order valence-electron chi connectivity index (χ2n) is 4.14. The molecule has 1 saturated carbocycles. The molecular weight excluding hydrogens is 253 g/mol. The van der Waals surface area contributed by atoms with Crippen LogP contribution in [-0.4, -0.2) is 22.2 Å². The normalized spacial score (nSPS) is 25.9. The summed E-state index contributed by atoms with van der Waals surface area (Å²) in [5, 5.41) is 13.8. The summed E-state index contributed by atoms with van der Waals surface area (Å²) >= 11 is 0.919. The van der Waals surface area contributed by atoms with Crippen LogP contribution in [0.4, 0.5) is 18.3 Å². The number of alkyl halides is 3. The second kappa shape index (κ2) is 4.81. The van der Waals surface area contributed by atoms with Crippen LogP contribution in [0.5, 0.6) is 0 Å². The van der Waals surface area contributed by atoms with Crippen LogP contribution in [0.1, 0.15) is 31.4 Å². The van der Waals surface area contributed by atoms with E-state index in [1.165, 1.54) is 0 Å². The van der Waals surface area contributed by atoms with Gasteiger partial charge in [-0.15, -0.1) is 11.3 Å². The standard InChI is InChI=1S/C10H13F3N2OS/c11-10(12,13)8-5-17-9(15-8)14-6-3-1-2-4-7(6)16/h5-7,16H,1-4H2,(H,14,15)/t6-,7-/m0/s1. The first-order valence-corrected chi connectivity index (χ1v) is 6.32. The molecule has 7 heteroatoms. The highest BCUT2D eigenvalue weighted by molar-refractivity contribution is 7.13. The second-order valence-corrected chi connectivity index (χ2v) is 5.00. The van der Waals surface area contributed by atoms with E-state index in [1.54, 1.807) is 0 Å². The van der Waals surface area contributed by atoms with Crippen LogP contribution in [0.3, 0.4) is 0 Å². The Kier molecular flexibility index (Phi) is 3.58. The zero-order chi connectivity index (χ0) is 12.5. The Bertz CT molecular complexity index is 380. The average Bonchev–Trinajstić information content (AvgIpc) is 2.69. The molecule has 3 nitrogen and oxygen atoms in total. The maximum Gasteiger partial charge on any atom is 0.434 e. The van der Waals surface area contributed by atoms with Crippen molar-refractivity contribution < 1.29 is 18.3 Å². The minimum absolute atomic E-state index is 0.184. The van der Waals surface area contributed by atoms with Crippen molar-refractivity contribution in [2.45, 2.75) is 44.0 Å². The largest absolute Gasteiger partial charge is 0.434 e. The molecule has 96 valence electrons. The fraction of sp³-hybridized carbons (Fsp3) is 0.700. The average molecular weight is 266 g/mol. The Hall–Kier alpha value is -0.820. The van der Waals surface area contributed by atoms with Gasteiger partial charge in [0.1, 0.15) is 0 Å². The Morgan fingerprint density at radius 2 is 2.06 bits per heavy atom. The third-order valence-corrected chi connectivity index (χ3v) is 3.61. The molecule has 1 aromatic heterocycles. The topological polar surface area (TPSA) is 45.1 Å². The highest BCUT2D eigenvalue weighted by Gasteiger charge is 2.34. The summed E-state index contributed by atoms with van der Waals surface area (Å²) in [6.07, 6.45) is -1.50. The number of nitrogens with zero attached hydrogens (tertiary/aromatic N) is 1. The summed E-state index contributed by atoms with van der Waals surface area (Å²) in [7, 11) is 0. The molecule has 0 bridgehead atoms. The van der Waals surface area contributed by atoms with Gasteiger partial charge in [-0.1, -0.05) is 12.8 Å². The van der Waals surface area contributed by atoms with Crippen LogP contribution in [0.15, 0.2) is 5.38 Å². The van der Waals surface area contributed by atoms with Crippen LogP contribution in [0, 0.1) is 0 Å². The number of aliphatic hydroxyl groups is 1. The molecule has 1 aromatic rings. The van der Waals surface area contributed by atoms with Crippen molar-refractivity contribution in [3.05, 3.63) is 11.1 Å². The van der Waals surface area contributed by atoms with E-state index < -0.39 is 18.0 Å². The summed E-state index contributed by atoms with van der Waals surface area (Å²) < 4.78 is 37.0. The Labute approximate surface area is 101 Å². The zero-order valence-corrected chi connectivity index (χ0v) is 9.81. The van der Waals surface area contributed by atoms with Crippen molar-refractivity contribution in [3.63, 3.8) is 0 Å². The first-order valence-electron chi connectivity index (χ1n) is 5.44. The van der Waals surface area contributed by atoms with Crippen molar-refractivity contribution >= 4 is 16.5 Å². The minimum atomic E-state index is -4.40. The highest BCUT2D eigenvalue weighted by Crippen LogP contribution is 2.32. The molecule has 1 heterocycles. The summed E-state index contributed by atoms with van der Waals surface area (Å²) in [6, 6.07) is -0.184. The lowest BCUT2D eigenvalue weighted by Crippen LogP contribution is -2.36. The van der Waals surface area contributed by atoms with E-state index in [-0.39, 0.29) is 11.2 Å². The zero-order valence-electron chi connectivity index (χ0n) is 9.00. The lowest BCUT2D eigenvalue weighted by Gasteiger charge is -2.28. The number of hydrogen-bond acceptors (Lipinski definition) is 4. The van der Waals surface area contributed by atoms with Crippen LogP contribution in [0.2, 0.25) is 0 Å². The van der Waals surface area contributed by atoms with Gasteiger partial charge in [0.05, 0.1) is 12.1 Å². The van der Waals surface area contributed by atoms with Gasteiger partial charge in [-0.05, 0) is 12.8 Å². The van der Waals surface area contributed by atoms with E-state index in [4.69, 9.17) is 0 Å². The molecule has 17 heavy (non-hydrogen) atoms. The SMILES string of the molecule is O[C@H]1CCCC[C@@H]1Nc1nc(C(F)(F)F)cs1. The first kappa shape index (κ1) is 12.6. The quantitative estimate of drug-likeness (QED) is 0.865. The molecule has 2 atom stereocenters. The van der Waals surface area contributed by atoms with Gasteiger partial charge in [0.25, 0.3) is 0 Å². The molecule has 2 N–H and O–H groups in total. The molecule has 1 fully saturated rings. The van der Waals surface area contributed by atoms with Gasteiger partial charge in [0.2, 0.25) is 0 Å². The smallest absolute Gasteiger partial charge is 0.391 e. The van der Waals surface area contributed by atoms with Crippen molar-refractivity contribution in [3.8, 4) is 0 Å². The summed E-state index contributed by atoms with van der Waals surface area (Å²) in [6.45, 7) is 0. The summed E-state index contributed by atoms with van der Waals surface area (Å²) in [4.78, 5) is 3.48. The number of aliphatic hydroxyl groups excluding tert-OH is 1. The predicted molar refractivity (Wildman–Crippen MR) is 59.0 cm³/mol. The van der Waals surface area contributed by atoms with Gasteiger partial charge in [0.15, 0.2) is 10.8 Å². The summed E-state index contributed by atoms with van der Waals surface area (Å²) in [5.74, 6) is 0. The molecule has 0 amide bonds. The molecule has 0 aromatic carbocycles. The fourth-order valence-corrected chi connectivity index (χ4v) is 2.69. The molecule has 1 aliphatic rings. The number of rotatable bonds is 2. The van der Waals surface area contributed by atoms with E-state index in [1.807, 2.05) is 0 Å². The maximum absolute atomic E-state index is 12.3. The fourth-order valence-electron chi connectivity index (χ4n) is 1.91. The van der Waals surface area contributed by atoms with Gasteiger partial charge < -0.3 is 10.4 Å². The van der Waals surface area contributed by atoms with Crippen molar-refractivity contribution in [2.75, 3.05) is 5.32 Å². The third-order valence-electron chi connectivity index (χ3n) is 2.83. The molecule has 0 radical (unpaired) electrons. The lowest BCUT2D eigenvalue weighted by molar-refractivity contribution is -0.140. The van der Waals surface area contributed by atoms with Gasteiger partial charge in [-0.3, -0.25) is 0 Å². The van der Waals surface area contributed by atoms with E-state index in [0.29, 0.717) is 6.42 Å². The maximum atomic E-state index is 12.3. The van der Waals surface area contributed by atoms with Crippen molar-refractivity contribution in [1.82, 2.24) is 4.98 Å². The highest BCUT2D eigenvalue weighted by atomic mass is 32.1. The van der Waals surface area contributed by atoms with E-state index in [2.05, 4.69) is 10.3 Å². The van der Waals surface area contributed by atoms with Crippen LogP contribution in [-0.2, 0) is 6.18 Å². The molecular formula is C10H13F3N2OS. The van der Waals surface area contributed by atoms with Crippen molar-refractivity contribution in [2.24, 2.45) is 0 Å². The van der Waals surface area contributed by atoms with Crippen molar-refractivity contribution in [1.29, 1.82) is 0 Å². The van der Waals surface area contributed by atoms with Crippen LogP contribution in [0.25, 0.3) is 0 Å². The molecule has 2 rings (SSSR count). The molecule has 0 aliphatic heterocycles. The Morgan fingerprint density at radius 3 is 2.65 bits per heavy atom. The predicted octanol–water partition coefficient (Wildman–Crippen LogP) is 2.88. The molecule has 0 spiro atoms. The van der Waals surface area contributed by atoms with Gasteiger partial charge >= 0.3 is 6.18 Å². The van der Waals surface area contributed by atoms with Crippen LogP contribution >= 0.6 is 11.3 Å².